The number of amides is 1. The van der Waals surface area contributed by atoms with Crippen LogP contribution in [0.15, 0.2) is 0 Å². The molecule has 0 heterocycles. The first-order chi connectivity index (χ1) is 7.33. The molecule has 1 rings (SSSR count). The Morgan fingerprint density at radius 2 is 2.20 bits per heavy atom. The lowest BCUT2D eigenvalue weighted by molar-refractivity contribution is -0.120. The molecular weight excluding hydrogens is 192 g/mol. The minimum absolute atomic E-state index is 0.118. The van der Waals surface area contributed by atoms with Crippen molar-refractivity contribution in [1.29, 1.82) is 0 Å². The summed E-state index contributed by atoms with van der Waals surface area (Å²) < 4.78 is 5.32. The van der Waals surface area contributed by atoms with Gasteiger partial charge in [-0.25, -0.2) is 0 Å². The molecule has 1 aliphatic rings. The van der Waals surface area contributed by atoms with E-state index in [-0.39, 0.29) is 5.91 Å². The van der Waals surface area contributed by atoms with Gasteiger partial charge in [-0.1, -0.05) is 6.92 Å². The maximum atomic E-state index is 11.2. The molecule has 15 heavy (non-hydrogen) atoms. The predicted octanol–water partition coefficient (Wildman–Crippen LogP) is 0.671. The lowest BCUT2D eigenvalue weighted by Crippen LogP contribution is -2.35. The second-order valence-corrected chi connectivity index (χ2v) is 3.98. The van der Waals surface area contributed by atoms with Gasteiger partial charge in [-0.3, -0.25) is 4.79 Å². The Kier molecular flexibility index (Phi) is 6.36. The van der Waals surface area contributed by atoms with Gasteiger partial charge in [0.25, 0.3) is 0 Å². The summed E-state index contributed by atoms with van der Waals surface area (Å²) >= 11 is 0. The standard InChI is InChI=1S/C11H22N2O2/c1-2-7-15-8-3-6-12-9-11(14)13-10-4-5-10/h10,12H,2-9H2,1H3,(H,13,14). The average molecular weight is 214 g/mol. The van der Waals surface area contributed by atoms with Crippen LogP contribution in [0, 0.1) is 0 Å². The van der Waals surface area contributed by atoms with Gasteiger partial charge in [0, 0.05) is 19.3 Å². The molecule has 1 fully saturated rings. The van der Waals surface area contributed by atoms with Crippen molar-refractivity contribution in [3.05, 3.63) is 0 Å². The van der Waals surface area contributed by atoms with Crippen LogP contribution in [0.2, 0.25) is 0 Å². The molecule has 0 aromatic rings. The number of hydrogen-bond donors (Lipinski definition) is 2. The van der Waals surface area contributed by atoms with E-state index in [9.17, 15) is 4.79 Å². The molecule has 0 radical (unpaired) electrons. The summed E-state index contributed by atoms with van der Waals surface area (Å²) in [7, 11) is 0. The number of rotatable bonds is 9. The number of ether oxygens (including phenoxy) is 1. The quantitative estimate of drug-likeness (QED) is 0.555. The fourth-order valence-electron chi connectivity index (χ4n) is 1.25. The number of carbonyl (C=O) groups excluding carboxylic acids is 1. The van der Waals surface area contributed by atoms with E-state index in [1.165, 1.54) is 0 Å². The molecule has 1 amide bonds. The van der Waals surface area contributed by atoms with Gasteiger partial charge in [0.15, 0.2) is 0 Å². The van der Waals surface area contributed by atoms with E-state index in [0.717, 1.165) is 45.4 Å². The molecule has 0 aliphatic heterocycles. The molecular formula is C11H22N2O2. The number of hydrogen-bond acceptors (Lipinski definition) is 3. The highest BCUT2D eigenvalue weighted by Crippen LogP contribution is 2.17. The first-order valence-corrected chi connectivity index (χ1v) is 5.90. The summed E-state index contributed by atoms with van der Waals surface area (Å²) in [6.07, 6.45) is 4.33. The fourth-order valence-corrected chi connectivity index (χ4v) is 1.25. The Morgan fingerprint density at radius 1 is 1.40 bits per heavy atom. The summed E-state index contributed by atoms with van der Waals surface area (Å²) in [5.74, 6) is 0.118. The molecule has 4 heteroatoms. The van der Waals surface area contributed by atoms with E-state index in [1.54, 1.807) is 0 Å². The van der Waals surface area contributed by atoms with E-state index in [1.807, 2.05) is 0 Å². The summed E-state index contributed by atoms with van der Waals surface area (Å²) in [5.41, 5.74) is 0. The lowest BCUT2D eigenvalue weighted by Gasteiger charge is -2.05. The van der Waals surface area contributed by atoms with Gasteiger partial charge in [-0.15, -0.1) is 0 Å². The summed E-state index contributed by atoms with van der Waals surface area (Å²) in [4.78, 5) is 11.2. The van der Waals surface area contributed by atoms with Crippen molar-refractivity contribution in [2.24, 2.45) is 0 Å². The summed E-state index contributed by atoms with van der Waals surface area (Å²) in [5, 5.41) is 6.04. The number of carbonyl (C=O) groups is 1. The highest BCUT2D eigenvalue weighted by Gasteiger charge is 2.22. The van der Waals surface area contributed by atoms with Crippen molar-refractivity contribution in [1.82, 2.24) is 10.6 Å². The molecule has 1 aliphatic carbocycles. The molecule has 2 N–H and O–H groups in total. The fraction of sp³-hybridized carbons (Fsp3) is 0.909. The van der Waals surface area contributed by atoms with Crippen molar-refractivity contribution in [2.45, 2.75) is 38.6 Å². The SMILES string of the molecule is CCCOCCCNCC(=O)NC1CC1. The summed E-state index contributed by atoms with van der Waals surface area (Å²) in [6, 6.07) is 0.465. The van der Waals surface area contributed by atoms with Crippen LogP contribution in [0.4, 0.5) is 0 Å². The summed E-state index contributed by atoms with van der Waals surface area (Å²) in [6.45, 7) is 5.00. The van der Waals surface area contributed by atoms with Gasteiger partial charge >= 0.3 is 0 Å². The van der Waals surface area contributed by atoms with Gasteiger partial charge in [0.05, 0.1) is 6.54 Å². The van der Waals surface area contributed by atoms with Crippen LogP contribution in [0.25, 0.3) is 0 Å². The monoisotopic (exact) mass is 214 g/mol. The largest absolute Gasteiger partial charge is 0.381 e. The zero-order valence-corrected chi connectivity index (χ0v) is 9.55. The maximum absolute atomic E-state index is 11.2. The van der Waals surface area contributed by atoms with E-state index < -0.39 is 0 Å². The molecule has 0 bridgehead atoms. The average Bonchev–Trinajstić information content (AvgIpc) is 3.00. The molecule has 0 atom stereocenters. The van der Waals surface area contributed by atoms with Gasteiger partial charge in [-0.2, -0.15) is 0 Å². The highest BCUT2D eigenvalue weighted by molar-refractivity contribution is 5.78. The van der Waals surface area contributed by atoms with Crippen LogP contribution < -0.4 is 10.6 Å². The second kappa shape index (κ2) is 7.65. The zero-order chi connectivity index (χ0) is 10.9. The van der Waals surface area contributed by atoms with Gasteiger partial charge < -0.3 is 15.4 Å². The van der Waals surface area contributed by atoms with Crippen LogP contribution in [0.3, 0.4) is 0 Å². The topological polar surface area (TPSA) is 50.4 Å². The first-order valence-electron chi connectivity index (χ1n) is 5.90. The second-order valence-electron chi connectivity index (χ2n) is 3.98. The number of nitrogens with one attached hydrogen (secondary N) is 2. The van der Waals surface area contributed by atoms with Crippen molar-refractivity contribution < 1.29 is 9.53 Å². The zero-order valence-electron chi connectivity index (χ0n) is 9.55. The van der Waals surface area contributed by atoms with Crippen LogP contribution in [-0.2, 0) is 9.53 Å². The Morgan fingerprint density at radius 3 is 2.87 bits per heavy atom. The van der Waals surface area contributed by atoms with Crippen LogP contribution in [0.1, 0.15) is 32.6 Å². The molecule has 0 unspecified atom stereocenters. The molecule has 0 aromatic heterocycles. The minimum atomic E-state index is 0.118. The minimum Gasteiger partial charge on any atom is -0.381 e. The first kappa shape index (κ1) is 12.5. The Bertz CT molecular complexity index is 181. The Balaban J connectivity index is 1.77. The molecule has 4 nitrogen and oxygen atoms in total. The van der Waals surface area contributed by atoms with Crippen LogP contribution in [0.5, 0.6) is 0 Å². The molecule has 0 aromatic carbocycles. The molecule has 88 valence electrons. The molecule has 1 saturated carbocycles. The van der Waals surface area contributed by atoms with E-state index in [2.05, 4.69) is 17.6 Å². The van der Waals surface area contributed by atoms with Crippen molar-refractivity contribution in [3.8, 4) is 0 Å². The maximum Gasteiger partial charge on any atom is 0.234 e. The van der Waals surface area contributed by atoms with E-state index >= 15 is 0 Å². The molecule has 0 spiro atoms. The highest BCUT2D eigenvalue weighted by atomic mass is 16.5. The predicted molar refractivity (Wildman–Crippen MR) is 59.8 cm³/mol. The lowest BCUT2D eigenvalue weighted by atomic mass is 10.4. The van der Waals surface area contributed by atoms with Crippen LogP contribution >= 0.6 is 0 Å². The van der Waals surface area contributed by atoms with Gasteiger partial charge in [-0.05, 0) is 32.2 Å². The van der Waals surface area contributed by atoms with Gasteiger partial charge in [0.2, 0.25) is 5.91 Å². The van der Waals surface area contributed by atoms with Crippen LogP contribution in [-0.4, -0.2) is 38.3 Å². The third kappa shape index (κ3) is 7.33. The Labute approximate surface area is 91.8 Å². The third-order valence-electron chi connectivity index (χ3n) is 2.22. The Hall–Kier alpha value is -0.610. The van der Waals surface area contributed by atoms with Crippen molar-refractivity contribution >= 4 is 5.91 Å². The smallest absolute Gasteiger partial charge is 0.234 e. The van der Waals surface area contributed by atoms with Gasteiger partial charge in [0.1, 0.15) is 0 Å². The van der Waals surface area contributed by atoms with Crippen molar-refractivity contribution in [2.75, 3.05) is 26.3 Å². The van der Waals surface area contributed by atoms with E-state index in [0.29, 0.717) is 12.6 Å². The van der Waals surface area contributed by atoms with Crippen molar-refractivity contribution in [3.63, 3.8) is 0 Å². The van der Waals surface area contributed by atoms with E-state index in [4.69, 9.17) is 4.74 Å². The third-order valence-corrected chi connectivity index (χ3v) is 2.22. The normalized spacial score (nSPS) is 15.3. The molecule has 0 saturated heterocycles.